The highest BCUT2D eigenvalue weighted by Crippen LogP contribution is 2.27. The third kappa shape index (κ3) is 5.26. The number of halogens is 4. The average molecular weight is 481 g/mol. The summed E-state index contributed by atoms with van der Waals surface area (Å²) in [6.45, 7) is 1.61. The van der Waals surface area contributed by atoms with Crippen LogP contribution in [0.4, 0.5) is 18.9 Å². The van der Waals surface area contributed by atoms with Crippen molar-refractivity contribution in [2.75, 3.05) is 11.9 Å². The van der Waals surface area contributed by atoms with E-state index in [1.807, 2.05) is 13.0 Å². The minimum absolute atomic E-state index is 0.232. The summed E-state index contributed by atoms with van der Waals surface area (Å²) in [5.41, 5.74) is 1.13. The molecule has 0 atom stereocenters. The van der Waals surface area contributed by atoms with Crippen LogP contribution in [0.2, 0.25) is 0 Å². The van der Waals surface area contributed by atoms with Crippen molar-refractivity contribution in [3.05, 3.63) is 76.0 Å². The van der Waals surface area contributed by atoms with E-state index in [0.29, 0.717) is 11.4 Å². The Morgan fingerprint density at radius 3 is 2.40 bits per heavy atom. The highest BCUT2D eigenvalue weighted by Gasteiger charge is 2.33. The van der Waals surface area contributed by atoms with E-state index in [2.05, 4.69) is 31.7 Å². The van der Waals surface area contributed by atoms with E-state index in [4.69, 9.17) is 0 Å². The van der Waals surface area contributed by atoms with Gasteiger partial charge in [0.25, 0.3) is 5.91 Å². The summed E-state index contributed by atoms with van der Waals surface area (Å²) in [4.78, 5) is 24.3. The normalized spacial score (nSPS) is 11.2. The smallest absolute Gasteiger partial charge is 0.343 e. The molecular formula is C20H16BrF3N4O2. The molecule has 6 nitrogen and oxygen atoms in total. The number of hydrogen-bond acceptors (Lipinski definition) is 3. The van der Waals surface area contributed by atoms with Gasteiger partial charge in [-0.05, 0) is 61.0 Å². The van der Waals surface area contributed by atoms with Gasteiger partial charge in [-0.1, -0.05) is 15.9 Å². The summed E-state index contributed by atoms with van der Waals surface area (Å²) in [7, 11) is 0. The van der Waals surface area contributed by atoms with Gasteiger partial charge in [-0.15, -0.1) is 0 Å². The minimum Gasteiger partial charge on any atom is -0.343 e. The van der Waals surface area contributed by atoms with Crippen LogP contribution in [-0.2, 0) is 11.0 Å². The van der Waals surface area contributed by atoms with Crippen molar-refractivity contribution in [3.8, 4) is 5.69 Å². The van der Waals surface area contributed by atoms with Crippen molar-refractivity contribution in [1.82, 2.24) is 15.1 Å². The lowest BCUT2D eigenvalue weighted by atomic mass is 10.2. The second-order valence-electron chi connectivity index (χ2n) is 6.38. The van der Waals surface area contributed by atoms with Gasteiger partial charge in [0, 0.05) is 21.9 Å². The molecule has 0 unspecified atom stereocenters. The number of anilines is 1. The molecule has 0 spiro atoms. The first-order valence-electron chi connectivity index (χ1n) is 8.71. The van der Waals surface area contributed by atoms with E-state index in [9.17, 15) is 22.8 Å². The predicted octanol–water partition coefficient (Wildman–Crippen LogP) is 4.33. The van der Waals surface area contributed by atoms with Crippen molar-refractivity contribution < 1.29 is 22.8 Å². The first-order chi connectivity index (χ1) is 14.1. The zero-order valence-corrected chi connectivity index (χ0v) is 17.2. The maximum absolute atomic E-state index is 12.7. The molecule has 2 amide bonds. The number of aryl methyl sites for hydroxylation is 1. The van der Waals surface area contributed by atoms with E-state index in [1.54, 1.807) is 12.1 Å². The van der Waals surface area contributed by atoms with Crippen LogP contribution in [0.1, 0.15) is 21.6 Å². The van der Waals surface area contributed by atoms with E-state index in [1.165, 1.54) is 30.5 Å². The third-order valence-electron chi connectivity index (χ3n) is 4.15. The standard InChI is InChI=1S/C20H16BrF3N4O2/c1-12-10-14(21)4-7-16(12)26-18(29)11-25-19(30)13-2-5-15(6-3-13)28-9-8-17(27-28)20(22,23)24/h2-10H,11H2,1H3,(H,25,30)(H,26,29). The highest BCUT2D eigenvalue weighted by atomic mass is 79.9. The summed E-state index contributed by atoms with van der Waals surface area (Å²) < 4.78 is 39.9. The molecule has 3 rings (SSSR count). The Morgan fingerprint density at radius 1 is 1.10 bits per heavy atom. The zero-order chi connectivity index (χ0) is 21.9. The van der Waals surface area contributed by atoms with Crippen LogP contribution >= 0.6 is 15.9 Å². The van der Waals surface area contributed by atoms with Gasteiger partial charge < -0.3 is 10.6 Å². The number of aromatic nitrogens is 2. The second kappa shape index (κ2) is 8.70. The van der Waals surface area contributed by atoms with Crippen molar-refractivity contribution in [1.29, 1.82) is 0 Å². The Morgan fingerprint density at radius 2 is 1.80 bits per heavy atom. The molecule has 0 saturated carbocycles. The van der Waals surface area contributed by atoms with Gasteiger partial charge in [-0.3, -0.25) is 9.59 Å². The van der Waals surface area contributed by atoms with Crippen LogP contribution in [0.5, 0.6) is 0 Å². The first kappa shape index (κ1) is 21.6. The summed E-state index contributed by atoms with van der Waals surface area (Å²) >= 11 is 3.34. The quantitative estimate of drug-likeness (QED) is 0.570. The number of carbonyl (C=O) groups is 2. The SMILES string of the molecule is Cc1cc(Br)ccc1NC(=O)CNC(=O)c1ccc(-n2ccc(C(F)(F)F)n2)cc1. The Hall–Kier alpha value is -3.14. The number of hydrogen-bond donors (Lipinski definition) is 2. The van der Waals surface area contributed by atoms with Gasteiger partial charge in [0.15, 0.2) is 5.69 Å². The van der Waals surface area contributed by atoms with Crippen LogP contribution in [0.25, 0.3) is 5.69 Å². The zero-order valence-electron chi connectivity index (χ0n) is 15.6. The van der Waals surface area contributed by atoms with Crippen molar-refractivity contribution in [2.45, 2.75) is 13.1 Å². The molecule has 10 heteroatoms. The molecule has 30 heavy (non-hydrogen) atoms. The van der Waals surface area contributed by atoms with Crippen molar-refractivity contribution in [2.24, 2.45) is 0 Å². The molecule has 2 N–H and O–H groups in total. The van der Waals surface area contributed by atoms with Crippen molar-refractivity contribution in [3.63, 3.8) is 0 Å². The summed E-state index contributed by atoms with van der Waals surface area (Å²) in [6, 6.07) is 12.1. The van der Waals surface area contributed by atoms with Gasteiger partial charge in [-0.25, -0.2) is 4.68 Å². The number of rotatable bonds is 5. The molecule has 156 valence electrons. The number of amides is 2. The maximum Gasteiger partial charge on any atom is 0.435 e. The fourth-order valence-corrected chi connectivity index (χ4v) is 3.08. The molecule has 1 aromatic heterocycles. The van der Waals surface area contributed by atoms with Crippen molar-refractivity contribution >= 4 is 33.4 Å². The number of carbonyl (C=O) groups excluding carboxylic acids is 2. The van der Waals surface area contributed by atoms with E-state index in [0.717, 1.165) is 20.8 Å². The number of nitrogens with one attached hydrogen (secondary N) is 2. The molecule has 3 aromatic rings. The molecule has 0 bridgehead atoms. The summed E-state index contributed by atoms with van der Waals surface area (Å²) in [6.07, 6.45) is -3.34. The van der Waals surface area contributed by atoms with Crippen LogP contribution in [0, 0.1) is 6.92 Å². The maximum atomic E-state index is 12.7. The summed E-state index contributed by atoms with van der Waals surface area (Å²) in [5.74, 6) is -0.873. The average Bonchev–Trinajstić information content (AvgIpc) is 3.19. The minimum atomic E-state index is -4.53. The Bertz CT molecular complexity index is 1080. The Labute approximate surface area is 178 Å². The predicted molar refractivity (Wildman–Crippen MR) is 108 cm³/mol. The van der Waals surface area contributed by atoms with Crippen LogP contribution < -0.4 is 10.6 Å². The molecule has 0 aliphatic carbocycles. The molecule has 1 heterocycles. The fourth-order valence-electron chi connectivity index (χ4n) is 2.61. The number of benzene rings is 2. The Balaban J connectivity index is 1.58. The van der Waals surface area contributed by atoms with Gasteiger partial charge in [0.05, 0.1) is 12.2 Å². The molecule has 0 radical (unpaired) electrons. The highest BCUT2D eigenvalue weighted by molar-refractivity contribution is 9.10. The van der Waals surface area contributed by atoms with Gasteiger partial charge in [0.1, 0.15) is 0 Å². The lowest BCUT2D eigenvalue weighted by molar-refractivity contribution is -0.141. The van der Waals surface area contributed by atoms with Crippen LogP contribution in [0.3, 0.4) is 0 Å². The third-order valence-corrected chi connectivity index (χ3v) is 4.64. The van der Waals surface area contributed by atoms with E-state index >= 15 is 0 Å². The molecule has 0 fully saturated rings. The lowest BCUT2D eigenvalue weighted by Gasteiger charge is -2.10. The molecular weight excluding hydrogens is 465 g/mol. The topological polar surface area (TPSA) is 76.0 Å². The Kier molecular flexibility index (Phi) is 6.25. The largest absolute Gasteiger partial charge is 0.435 e. The van der Waals surface area contributed by atoms with Gasteiger partial charge >= 0.3 is 6.18 Å². The molecule has 2 aromatic carbocycles. The number of nitrogens with zero attached hydrogens (tertiary/aromatic N) is 2. The van der Waals surface area contributed by atoms with Gasteiger partial charge in [0.2, 0.25) is 5.91 Å². The fraction of sp³-hybridized carbons (Fsp3) is 0.150. The number of alkyl halides is 3. The van der Waals surface area contributed by atoms with E-state index in [-0.39, 0.29) is 18.0 Å². The van der Waals surface area contributed by atoms with E-state index < -0.39 is 17.8 Å². The second-order valence-corrected chi connectivity index (χ2v) is 7.30. The molecule has 0 aliphatic rings. The van der Waals surface area contributed by atoms with Gasteiger partial charge in [-0.2, -0.15) is 18.3 Å². The lowest BCUT2D eigenvalue weighted by Crippen LogP contribution is -2.33. The van der Waals surface area contributed by atoms with Crippen LogP contribution in [0.15, 0.2) is 59.2 Å². The monoisotopic (exact) mass is 480 g/mol. The first-order valence-corrected chi connectivity index (χ1v) is 9.50. The molecule has 0 saturated heterocycles. The molecule has 0 aliphatic heterocycles. The van der Waals surface area contributed by atoms with Crippen LogP contribution in [-0.4, -0.2) is 28.1 Å². The summed E-state index contributed by atoms with van der Waals surface area (Å²) in [5, 5.41) is 8.69.